The molecule has 142 valence electrons. The third kappa shape index (κ3) is 3.86. The summed E-state index contributed by atoms with van der Waals surface area (Å²) in [6.07, 6.45) is 2.98. The minimum Gasteiger partial charge on any atom is -0.495 e. The summed E-state index contributed by atoms with van der Waals surface area (Å²) in [5.41, 5.74) is 0.501. The van der Waals surface area contributed by atoms with Crippen molar-refractivity contribution >= 4 is 27.5 Å². The molecule has 0 bridgehead atoms. The number of methoxy groups -OCH3 is 1. The number of carbonyl (C=O) groups excluding carboxylic acids is 1. The number of benzene rings is 1. The van der Waals surface area contributed by atoms with Crippen LogP contribution in [-0.2, 0) is 9.84 Å². The van der Waals surface area contributed by atoms with E-state index in [2.05, 4.69) is 5.10 Å². The Morgan fingerprint density at radius 2 is 2.08 bits per heavy atom. The Kier molecular flexibility index (Phi) is 6.30. The topological polar surface area (TPSA) is 81.5 Å². The van der Waals surface area contributed by atoms with E-state index < -0.39 is 15.9 Å². The first kappa shape index (κ1) is 20.3. The maximum atomic E-state index is 13.1. The summed E-state index contributed by atoms with van der Waals surface area (Å²) in [5.74, 6) is 0.196. The molecule has 26 heavy (non-hydrogen) atoms. The quantitative estimate of drug-likeness (QED) is 0.743. The van der Waals surface area contributed by atoms with Gasteiger partial charge in [-0.05, 0) is 25.0 Å². The standard InChI is InChI=1S/C17H22ClN3O4S/c1-5-6-10-20(3)17(22)21-11-13(18)16(19-21)26(23,24)15-12(2)8-7-9-14(15)25-4/h7-9,11H,5-6,10H2,1-4H3. The summed E-state index contributed by atoms with van der Waals surface area (Å²) in [7, 11) is -1.04. The lowest BCUT2D eigenvalue weighted by molar-refractivity contribution is 0.206. The van der Waals surface area contributed by atoms with Crippen LogP contribution in [0.2, 0.25) is 5.02 Å². The highest BCUT2D eigenvalue weighted by molar-refractivity contribution is 7.91. The van der Waals surface area contributed by atoms with Gasteiger partial charge < -0.3 is 9.64 Å². The smallest absolute Gasteiger partial charge is 0.344 e. The zero-order valence-electron chi connectivity index (χ0n) is 15.2. The Bertz CT molecular complexity index is 909. The van der Waals surface area contributed by atoms with Gasteiger partial charge in [-0.1, -0.05) is 37.1 Å². The first-order valence-corrected chi connectivity index (χ1v) is 9.99. The van der Waals surface area contributed by atoms with Gasteiger partial charge >= 0.3 is 6.03 Å². The lowest BCUT2D eigenvalue weighted by Crippen LogP contribution is -2.32. The number of unbranched alkanes of at least 4 members (excludes halogenated alkanes) is 1. The first-order chi connectivity index (χ1) is 12.2. The van der Waals surface area contributed by atoms with Gasteiger partial charge in [0.15, 0.2) is 0 Å². The Labute approximate surface area is 158 Å². The largest absolute Gasteiger partial charge is 0.495 e. The molecule has 0 aliphatic carbocycles. The number of hydrogen-bond donors (Lipinski definition) is 0. The van der Waals surface area contributed by atoms with Crippen LogP contribution in [0.5, 0.6) is 5.75 Å². The molecule has 2 aromatic rings. The van der Waals surface area contributed by atoms with Crippen molar-refractivity contribution in [2.45, 2.75) is 36.6 Å². The van der Waals surface area contributed by atoms with Crippen molar-refractivity contribution in [1.29, 1.82) is 0 Å². The average molecular weight is 400 g/mol. The maximum absolute atomic E-state index is 13.1. The van der Waals surface area contributed by atoms with Gasteiger partial charge in [0.05, 0.1) is 18.3 Å². The summed E-state index contributed by atoms with van der Waals surface area (Å²) < 4.78 is 32.3. The Morgan fingerprint density at radius 1 is 1.38 bits per heavy atom. The predicted molar refractivity (Wildman–Crippen MR) is 98.8 cm³/mol. The number of sulfone groups is 1. The van der Waals surface area contributed by atoms with E-state index in [1.807, 2.05) is 6.92 Å². The zero-order valence-corrected chi connectivity index (χ0v) is 16.8. The van der Waals surface area contributed by atoms with Crippen molar-refractivity contribution in [1.82, 2.24) is 14.7 Å². The average Bonchev–Trinajstić information content (AvgIpc) is 3.00. The van der Waals surface area contributed by atoms with Crippen molar-refractivity contribution in [3.63, 3.8) is 0 Å². The SMILES string of the molecule is CCCCN(C)C(=O)n1cc(Cl)c(S(=O)(=O)c2c(C)cccc2OC)n1. The minimum absolute atomic E-state index is 0.0126. The molecular weight excluding hydrogens is 378 g/mol. The molecule has 0 radical (unpaired) electrons. The number of halogens is 1. The molecule has 7 nitrogen and oxygen atoms in total. The molecule has 0 atom stereocenters. The van der Waals surface area contributed by atoms with E-state index in [1.54, 1.807) is 32.2 Å². The Balaban J connectivity index is 2.47. The van der Waals surface area contributed by atoms with Crippen molar-refractivity contribution < 1.29 is 17.9 Å². The molecule has 1 heterocycles. The van der Waals surface area contributed by atoms with Crippen molar-refractivity contribution in [3.05, 3.63) is 35.0 Å². The van der Waals surface area contributed by atoms with E-state index in [-0.39, 0.29) is 20.7 Å². The molecule has 0 unspecified atom stereocenters. The Morgan fingerprint density at radius 3 is 2.69 bits per heavy atom. The highest BCUT2D eigenvalue weighted by Gasteiger charge is 2.31. The fourth-order valence-electron chi connectivity index (χ4n) is 2.51. The van der Waals surface area contributed by atoms with Crippen molar-refractivity contribution in [2.75, 3.05) is 20.7 Å². The summed E-state index contributed by atoms with van der Waals surface area (Å²) in [6.45, 7) is 4.22. The van der Waals surface area contributed by atoms with E-state index in [0.717, 1.165) is 17.5 Å². The molecule has 0 aliphatic heterocycles. The molecule has 9 heteroatoms. The monoisotopic (exact) mass is 399 g/mol. The lowest BCUT2D eigenvalue weighted by Gasteiger charge is -2.15. The van der Waals surface area contributed by atoms with Gasteiger partial charge in [0, 0.05) is 13.6 Å². The van der Waals surface area contributed by atoms with E-state index >= 15 is 0 Å². The van der Waals surface area contributed by atoms with Crippen LogP contribution in [0.4, 0.5) is 4.79 Å². The van der Waals surface area contributed by atoms with Crippen LogP contribution < -0.4 is 4.74 Å². The van der Waals surface area contributed by atoms with Gasteiger partial charge in [0.1, 0.15) is 10.6 Å². The molecule has 1 aromatic carbocycles. The summed E-state index contributed by atoms with van der Waals surface area (Å²) >= 11 is 6.11. The first-order valence-electron chi connectivity index (χ1n) is 8.13. The number of aryl methyl sites for hydroxylation is 1. The van der Waals surface area contributed by atoms with Crippen LogP contribution in [0, 0.1) is 6.92 Å². The third-order valence-electron chi connectivity index (χ3n) is 3.93. The highest BCUT2D eigenvalue weighted by atomic mass is 35.5. The predicted octanol–water partition coefficient (Wildman–Crippen LogP) is 3.39. The molecule has 2 rings (SSSR count). The van der Waals surface area contributed by atoms with E-state index in [9.17, 15) is 13.2 Å². The molecule has 0 saturated heterocycles. The Hall–Kier alpha value is -2.06. The number of nitrogens with zero attached hydrogens (tertiary/aromatic N) is 3. The molecular formula is C17H22ClN3O4S. The van der Waals surface area contributed by atoms with E-state index in [1.165, 1.54) is 18.2 Å². The van der Waals surface area contributed by atoms with Crippen molar-refractivity contribution in [3.8, 4) is 5.75 Å². The second kappa shape index (κ2) is 8.09. The van der Waals surface area contributed by atoms with Gasteiger partial charge in [-0.15, -0.1) is 0 Å². The third-order valence-corrected chi connectivity index (χ3v) is 6.19. The molecule has 0 N–H and O–H groups in total. The summed E-state index contributed by atoms with van der Waals surface area (Å²) in [5, 5.41) is 3.46. The fourth-order valence-corrected chi connectivity index (χ4v) is 4.55. The molecule has 0 saturated carbocycles. The molecule has 0 fully saturated rings. The van der Waals surface area contributed by atoms with Crippen molar-refractivity contribution in [2.24, 2.45) is 0 Å². The highest BCUT2D eigenvalue weighted by Crippen LogP contribution is 2.34. The normalized spacial score (nSPS) is 11.4. The van der Waals surface area contributed by atoms with Crippen LogP contribution in [-0.4, -0.2) is 49.8 Å². The number of aromatic nitrogens is 2. The second-order valence-electron chi connectivity index (χ2n) is 5.89. The van der Waals surface area contributed by atoms with Crippen LogP contribution in [0.1, 0.15) is 25.3 Å². The zero-order chi connectivity index (χ0) is 19.5. The number of hydrogen-bond acceptors (Lipinski definition) is 5. The van der Waals surface area contributed by atoms with Gasteiger partial charge in [-0.3, -0.25) is 0 Å². The van der Waals surface area contributed by atoms with Crippen LogP contribution in [0.3, 0.4) is 0 Å². The summed E-state index contributed by atoms with van der Waals surface area (Å²) in [4.78, 5) is 13.9. The van der Waals surface area contributed by atoms with Gasteiger partial charge in [0.25, 0.3) is 0 Å². The lowest BCUT2D eigenvalue weighted by atomic mass is 10.2. The molecule has 0 aliphatic rings. The number of amides is 1. The molecule has 0 spiro atoms. The molecule has 1 amide bonds. The maximum Gasteiger partial charge on any atom is 0.344 e. The number of ether oxygens (including phenoxy) is 1. The fraction of sp³-hybridized carbons (Fsp3) is 0.412. The van der Waals surface area contributed by atoms with Crippen LogP contribution in [0.25, 0.3) is 0 Å². The van der Waals surface area contributed by atoms with Gasteiger partial charge in [-0.25, -0.2) is 13.2 Å². The van der Waals surface area contributed by atoms with Crippen LogP contribution >= 0.6 is 11.6 Å². The number of rotatable bonds is 6. The van der Waals surface area contributed by atoms with Gasteiger partial charge in [0.2, 0.25) is 14.9 Å². The van der Waals surface area contributed by atoms with Crippen LogP contribution in [0.15, 0.2) is 34.3 Å². The second-order valence-corrected chi connectivity index (χ2v) is 8.10. The summed E-state index contributed by atoms with van der Waals surface area (Å²) in [6, 6.07) is 4.46. The van der Waals surface area contributed by atoms with E-state index in [4.69, 9.17) is 16.3 Å². The minimum atomic E-state index is -4.06. The molecule has 1 aromatic heterocycles. The number of carbonyl (C=O) groups is 1. The van der Waals surface area contributed by atoms with Gasteiger partial charge in [-0.2, -0.15) is 9.78 Å². The van der Waals surface area contributed by atoms with E-state index in [0.29, 0.717) is 12.1 Å².